The van der Waals surface area contributed by atoms with Crippen LogP contribution in [0.4, 0.5) is 0 Å². The summed E-state index contributed by atoms with van der Waals surface area (Å²) >= 11 is 3.33. The van der Waals surface area contributed by atoms with Gasteiger partial charge in [-0.1, -0.05) is 55.6 Å². The average molecular weight is 343 g/mol. The zero-order valence-corrected chi connectivity index (χ0v) is 13.8. The van der Waals surface area contributed by atoms with E-state index in [1.165, 1.54) is 0 Å². The number of nitrogens with zero attached hydrogens (tertiary/aromatic N) is 1. The Labute approximate surface area is 129 Å². The summed E-state index contributed by atoms with van der Waals surface area (Å²) < 4.78 is 0.733. The summed E-state index contributed by atoms with van der Waals surface area (Å²) in [4.78, 5) is 27.2. The third kappa shape index (κ3) is 2.78. The highest BCUT2D eigenvalue weighted by Gasteiger charge is 2.51. The van der Waals surface area contributed by atoms with Crippen molar-refractivity contribution >= 4 is 27.7 Å². The van der Waals surface area contributed by atoms with Gasteiger partial charge in [-0.05, 0) is 18.8 Å². The van der Waals surface area contributed by atoms with Crippen LogP contribution >= 0.6 is 15.9 Å². The van der Waals surface area contributed by atoms with E-state index >= 15 is 0 Å². The molecule has 2 aliphatic rings. The van der Waals surface area contributed by atoms with Crippen molar-refractivity contribution in [2.24, 2.45) is 5.92 Å². The van der Waals surface area contributed by atoms with E-state index in [-0.39, 0.29) is 17.7 Å². The predicted molar refractivity (Wildman–Crippen MR) is 82.4 cm³/mol. The van der Waals surface area contributed by atoms with Crippen LogP contribution in [0.5, 0.6) is 0 Å². The first-order valence-corrected chi connectivity index (χ1v) is 8.13. The number of amides is 2. The van der Waals surface area contributed by atoms with E-state index in [0.29, 0.717) is 6.54 Å². The molecule has 4 nitrogen and oxygen atoms in total. The molecule has 0 aromatic rings. The van der Waals surface area contributed by atoms with Crippen molar-refractivity contribution in [2.75, 3.05) is 6.54 Å². The smallest absolute Gasteiger partial charge is 0.249 e. The quantitative estimate of drug-likeness (QED) is 0.856. The average Bonchev–Trinajstić information content (AvgIpc) is 2.35. The normalized spacial score (nSPS) is 26.0. The van der Waals surface area contributed by atoms with E-state index in [0.717, 1.165) is 36.6 Å². The Bertz CT molecular complexity index is 428. The molecule has 1 spiro atoms. The number of rotatable bonds is 3. The van der Waals surface area contributed by atoms with Gasteiger partial charge in [-0.25, -0.2) is 0 Å². The maximum absolute atomic E-state index is 12.9. The summed E-state index contributed by atoms with van der Waals surface area (Å²) in [6.45, 7) is 8.17. The second-order valence-electron chi connectivity index (χ2n) is 6.27. The minimum atomic E-state index is -0.664. The van der Waals surface area contributed by atoms with Crippen LogP contribution in [0.15, 0.2) is 11.1 Å². The zero-order valence-electron chi connectivity index (χ0n) is 12.2. The number of carbonyl (C=O) groups is 2. The van der Waals surface area contributed by atoms with Gasteiger partial charge in [0.1, 0.15) is 11.6 Å². The highest BCUT2D eigenvalue weighted by atomic mass is 79.9. The van der Waals surface area contributed by atoms with Crippen LogP contribution in [0.1, 0.15) is 46.0 Å². The van der Waals surface area contributed by atoms with Gasteiger partial charge in [0.2, 0.25) is 11.8 Å². The number of hydrogen-bond donors (Lipinski definition) is 1. The molecule has 1 aliphatic carbocycles. The van der Waals surface area contributed by atoms with Crippen LogP contribution in [0.25, 0.3) is 0 Å². The van der Waals surface area contributed by atoms with Crippen LogP contribution in [-0.2, 0) is 9.59 Å². The summed E-state index contributed by atoms with van der Waals surface area (Å²) in [6, 6.07) is -0.399. The molecule has 1 saturated carbocycles. The van der Waals surface area contributed by atoms with E-state index in [1.807, 2.05) is 13.8 Å². The fraction of sp³-hybridized carbons (Fsp3) is 0.733. The van der Waals surface area contributed by atoms with Gasteiger partial charge >= 0.3 is 0 Å². The van der Waals surface area contributed by atoms with Gasteiger partial charge in [-0.2, -0.15) is 0 Å². The fourth-order valence-corrected chi connectivity index (χ4v) is 3.69. The summed E-state index contributed by atoms with van der Waals surface area (Å²) in [6.07, 6.45) is 4.66. The molecule has 2 rings (SSSR count). The van der Waals surface area contributed by atoms with Crippen molar-refractivity contribution in [2.45, 2.75) is 57.5 Å². The molecule has 0 bridgehead atoms. The number of carbonyl (C=O) groups excluding carboxylic acids is 2. The lowest BCUT2D eigenvalue weighted by atomic mass is 9.77. The number of nitrogens with one attached hydrogen (secondary N) is 1. The standard InChI is InChI=1S/C15H23BrN2O2/c1-10(2)12-13(19)17-15(7-5-4-6-8-15)14(20)18(12)9-11(3)16/h10,12H,3-9H2,1-2H3,(H,17,19). The molecule has 1 atom stereocenters. The van der Waals surface area contributed by atoms with Crippen LogP contribution in [-0.4, -0.2) is 34.8 Å². The Morgan fingerprint density at radius 1 is 1.40 bits per heavy atom. The van der Waals surface area contributed by atoms with Crippen molar-refractivity contribution in [3.8, 4) is 0 Å². The summed E-state index contributed by atoms with van der Waals surface area (Å²) in [5.41, 5.74) is -0.664. The molecule has 0 radical (unpaired) electrons. The third-order valence-electron chi connectivity index (χ3n) is 4.32. The Balaban J connectivity index is 2.32. The van der Waals surface area contributed by atoms with E-state index in [4.69, 9.17) is 0 Å². The number of hydrogen-bond acceptors (Lipinski definition) is 2. The first kappa shape index (κ1) is 15.5. The van der Waals surface area contributed by atoms with Gasteiger partial charge in [0, 0.05) is 4.48 Å². The number of piperazine rings is 1. The number of halogens is 1. The van der Waals surface area contributed by atoms with Gasteiger partial charge in [-0.3, -0.25) is 9.59 Å². The molecule has 20 heavy (non-hydrogen) atoms. The van der Waals surface area contributed by atoms with E-state index in [9.17, 15) is 9.59 Å². The molecule has 112 valence electrons. The van der Waals surface area contributed by atoms with Gasteiger partial charge in [0.25, 0.3) is 0 Å². The first-order chi connectivity index (χ1) is 9.37. The molecule has 1 aliphatic heterocycles. The summed E-state index contributed by atoms with van der Waals surface area (Å²) in [7, 11) is 0. The fourth-order valence-electron chi connectivity index (χ4n) is 3.42. The monoisotopic (exact) mass is 342 g/mol. The van der Waals surface area contributed by atoms with Crippen molar-refractivity contribution in [3.63, 3.8) is 0 Å². The zero-order chi connectivity index (χ0) is 14.9. The summed E-state index contributed by atoms with van der Waals surface area (Å²) in [5, 5.41) is 3.04. The lowest BCUT2D eigenvalue weighted by Crippen LogP contribution is -2.71. The minimum Gasteiger partial charge on any atom is -0.340 e. The maximum atomic E-state index is 12.9. The van der Waals surface area contributed by atoms with Gasteiger partial charge in [-0.15, -0.1) is 0 Å². The lowest BCUT2D eigenvalue weighted by Gasteiger charge is -2.48. The Hall–Kier alpha value is -0.840. The Morgan fingerprint density at radius 2 is 2.00 bits per heavy atom. The molecule has 1 saturated heterocycles. The molecular formula is C15H23BrN2O2. The Morgan fingerprint density at radius 3 is 2.50 bits per heavy atom. The van der Waals surface area contributed by atoms with Crippen LogP contribution in [0, 0.1) is 5.92 Å². The van der Waals surface area contributed by atoms with Gasteiger partial charge in [0.05, 0.1) is 6.54 Å². The second kappa shape index (κ2) is 5.88. The molecule has 0 aromatic heterocycles. The van der Waals surface area contributed by atoms with E-state index in [2.05, 4.69) is 27.8 Å². The van der Waals surface area contributed by atoms with Crippen molar-refractivity contribution in [1.29, 1.82) is 0 Å². The SMILES string of the molecule is C=C(Br)CN1C(=O)C2(CCCCC2)NC(=O)C1C(C)C. The molecule has 2 amide bonds. The highest BCUT2D eigenvalue weighted by molar-refractivity contribution is 9.11. The third-order valence-corrected chi connectivity index (χ3v) is 4.57. The van der Waals surface area contributed by atoms with Gasteiger partial charge < -0.3 is 10.2 Å². The molecule has 1 N–H and O–H groups in total. The topological polar surface area (TPSA) is 49.4 Å². The predicted octanol–water partition coefficient (Wildman–Crippen LogP) is 2.58. The van der Waals surface area contributed by atoms with E-state index in [1.54, 1.807) is 4.90 Å². The summed E-state index contributed by atoms with van der Waals surface area (Å²) in [5.74, 6) is 0.137. The first-order valence-electron chi connectivity index (χ1n) is 7.34. The largest absolute Gasteiger partial charge is 0.340 e. The van der Waals surface area contributed by atoms with E-state index < -0.39 is 11.6 Å². The lowest BCUT2D eigenvalue weighted by molar-refractivity contribution is -0.157. The molecule has 5 heteroatoms. The second-order valence-corrected chi connectivity index (χ2v) is 7.39. The van der Waals surface area contributed by atoms with Crippen LogP contribution < -0.4 is 5.32 Å². The van der Waals surface area contributed by atoms with Crippen molar-refractivity contribution < 1.29 is 9.59 Å². The molecular weight excluding hydrogens is 320 g/mol. The molecule has 1 heterocycles. The van der Waals surface area contributed by atoms with Crippen molar-refractivity contribution in [1.82, 2.24) is 10.2 Å². The molecule has 0 aromatic carbocycles. The Kier molecular flexibility index (Phi) is 4.57. The highest BCUT2D eigenvalue weighted by Crippen LogP contribution is 2.35. The van der Waals surface area contributed by atoms with Gasteiger partial charge in [0.15, 0.2) is 0 Å². The maximum Gasteiger partial charge on any atom is 0.249 e. The van der Waals surface area contributed by atoms with Crippen LogP contribution in [0.3, 0.4) is 0 Å². The van der Waals surface area contributed by atoms with Crippen molar-refractivity contribution in [3.05, 3.63) is 11.1 Å². The molecule has 2 fully saturated rings. The molecule has 1 unspecified atom stereocenters. The minimum absolute atomic E-state index is 0.0183. The van der Waals surface area contributed by atoms with Crippen LogP contribution in [0.2, 0.25) is 0 Å².